The van der Waals surface area contributed by atoms with Crippen molar-refractivity contribution in [2.75, 3.05) is 20.3 Å². The predicted octanol–water partition coefficient (Wildman–Crippen LogP) is -0.582. The van der Waals surface area contributed by atoms with Crippen LogP contribution < -0.4 is 11.3 Å². The number of hydrazine groups is 1. The molecule has 3 N–H and O–H groups in total. The molecule has 1 unspecified atom stereocenters. The fourth-order valence-corrected chi connectivity index (χ4v) is 0.981. The number of carbonyl (C=O) groups is 1. The first-order valence-electron chi connectivity index (χ1n) is 4.39. The van der Waals surface area contributed by atoms with Crippen molar-refractivity contribution < 1.29 is 14.3 Å². The molecule has 5 nitrogen and oxygen atoms in total. The number of carbonyl (C=O) groups excluding carboxylic acids is 1. The summed E-state index contributed by atoms with van der Waals surface area (Å²) in [6, 6.07) is 0. The molecule has 1 rings (SSSR count). The minimum Gasteiger partial charge on any atom is -0.381 e. The van der Waals surface area contributed by atoms with Gasteiger partial charge in [-0.2, -0.15) is 0 Å². The minimum atomic E-state index is -0.574. The van der Waals surface area contributed by atoms with Crippen molar-refractivity contribution in [2.24, 2.45) is 11.8 Å². The zero-order valence-electron chi connectivity index (χ0n) is 7.79. The average Bonchev–Trinajstić information content (AvgIpc) is 2.94. The fraction of sp³-hybridized carbons (Fsp3) is 0.875. The Bertz CT molecular complexity index is 171. The molecule has 1 aliphatic carbocycles. The molecule has 1 aliphatic rings. The molecule has 0 bridgehead atoms. The molecule has 1 atom stereocenters. The highest BCUT2D eigenvalue weighted by Gasteiger charge is 2.25. The van der Waals surface area contributed by atoms with E-state index >= 15 is 0 Å². The number of amides is 1. The maximum atomic E-state index is 11.1. The van der Waals surface area contributed by atoms with E-state index in [4.69, 9.17) is 15.3 Å². The Hall–Kier alpha value is -0.650. The number of methoxy groups -OCH3 is 1. The molecular weight excluding hydrogens is 172 g/mol. The molecule has 0 saturated heterocycles. The van der Waals surface area contributed by atoms with Gasteiger partial charge in [0.15, 0.2) is 6.10 Å². The summed E-state index contributed by atoms with van der Waals surface area (Å²) in [6.07, 6.45) is 1.82. The summed E-state index contributed by atoms with van der Waals surface area (Å²) in [7, 11) is 1.53. The summed E-state index contributed by atoms with van der Waals surface area (Å²) in [5.41, 5.74) is 2.05. The molecule has 0 aliphatic heterocycles. The van der Waals surface area contributed by atoms with Gasteiger partial charge >= 0.3 is 0 Å². The number of hydrogen-bond donors (Lipinski definition) is 2. The zero-order valence-corrected chi connectivity index (χ0v) is 7.79. The molecule has 13 heavy (non-hydrogen) atoms. The highest BCUT2D eigenvalue weighted by atomic mass is 16.5. The lowest BCUT2D eigenvalue weighted by Gasteiger charge is -2.14. The van der Waals surface area contributed by atoms with Crippen LogP contribution in [-0.2, 0) is 14.3 Å². The van der Waals surface area contributed by atoms with Crippen LogP contribution >= 0.6 is 0 Å². The van der Waals surface area contributed by atoms with Crippen molar-refractivity contribution in [1.82, 2.24) is 5.43 Å². The van der Waals surface area contributed by atoms with E-state index in [1.54, 1.807) is 0 Å². The summed E-state index contributed by atoms with van der Waals surface area (Å²) in [5, 5.41) is 0. The van der Waals surface area contributed by atoms with Crippen LogP contribution in [0.4, 0.5) is 0 Å². The maximum absolute atomic E-state index is 11.1. The van der Waals surface area contributed by atoms with Crippen molar-refractivity contribution in [1.29, 1.82) is 0 Å². The van der Waals surface area contributed by atoms with E-state index in [9.17, 15) is 4.79 Å². The number of nitrogens with two attached hydrogens (primary N) is 1. The lowest BCUT2D eigenvalue weighted by atomic mass is 10.3. The third-order valence-corrected chi connectivity index (χ3v) is 1.98. The Labute approximate surface area is 77.5 Å². The van der Waals surface area contributed by atoms with E-state index in [2.05, 4.69) is 5.43 Å². The first kappa shape index (κ1) is 10.4. The van der Waals surface area contributed by atoms with Crippen LogP contribution in [0.2, 0.25) is 0 Å². The quantitative estimate of drug-likeness (QED) is 0.332. The lowest BCUT2D eigenvalue weighted by Crippen LogP contribution is -2.43. The Morgan fingerprint density at radius 3 is 2.85 bits per heavy atom. The molecule has 1 saturated carbocycles. The van der Waals surface area contributed by atoms with E-state index in [1.807, 2.05) is 0 Å². The van der Waals surface area contributed by atoms with Gasteiger partial charge in [-0.15, -0.1) is 0 Å². The molecule has 0 spiro atoms. The molecule has 0 aromatic rings. The highest BCUT2D eigenvalue weighted by molar-refractivity contribution is 5.80. The molecule has 0 aromatic heterocycles. The van der Waals surface area contributed by atoms with Crippen molar-refractivity contribution in [3.8, 4) is 0 Å². The van der Waals surface area contributed by atoms with Crippen LogP contribution in [-0.4, -0.2) is 32.3 Å². The molecule has 1 amide bonds. The Morgan fingerprint density at radius 2 is 2.38 bits per heavy atom. The number of nitrogens with one attached hydrogen (secondary N) is 1. The second-order valence-electron chi connectivity index (χ2n) is 3.23. The first-order valence-corrected chi connectivity index (χ1v) is 4.39. The van der Waals surface area contributed by atoms with Crippen molar-refractivity contribution in [2.45, 2.75) is 18.9 Å². The van der Waals surface area contributed by atoms with Gasteiger partial charge < -0.3 is 9.47 Å². The fourth-order valence-electron chi connectivity index (χ4n) is 0.981. The molecule has 1 fully saturated rings. The summed E-state index contributed by atoms with van der Waals surface area (Å²) in [5.74, 6) is 5.29. The number of ether oxygens (including phenoxy) is 2. The van der Waals surface area contributed by atoms with E-state index in [1.165, 1.54) is 20.0 Å². The third-order valence-electron chi connectivity index (χ3n) is 1.98. The van der Waals surface area contributed by atoms with Gasteiger partial charge in [0, 0.05) is 7.11 Å². The van der Waals surface area contributed by atoms with Crippen LogP contribution in [0.25, 0.3) is 0 Å². The van der Waals surface area contributed by atoms with E-state index < -0.39 is 6.10 Å². The molecule has 5 heteroatoms. The van der Waals surface area contributed by atoms with Gasteiger partial charge in [-0.25, -0.2) is 5.84 Å². The van der Waals surface area contributed by atoms with Gasteiger partial charge in [0.05, 0.1) is 13.2 Å². The second-order valence-corrected chi connectivity index (χ2v) is 3.23. The highest BCUT2D eigenvalue weighted by Crippen LogP contribution is 2.29. The molecule has 76 valence electrons. The smallest absolute Gasteiger partial charge is 0.265 e. The summed E-state index contributed by atoms with van der Waals surface area (Å²) < 4.78 is 10.2. The predicted molar refractivity (Wildman–Crippen MR) is 46.7 cm³/mol. The van der Waals surface area contributed by atoms with Crippen LogP contribution in [0.5, 0.6) is 0 Å². The summed E-state index contributed by atoms with van der Waals surface area (Å²) >= 11 is 0. The van der Waals surface area contributed by atoms with Gasteiger partial charge in [-0.3, -0.25) is 10.2 Å². The number of rotatable bonds is 6. The molecule has 0 heterocycles. The van der Waals surface area contributed by atoms with Crippen LogP contribution in [0, 0.1) is 5.92 Å². The zero-order chi connectivity index (χ0) is 9.68. The Morgan fingerprint density at radius 1 is 1.69 bits per heavy atom. The average molecular weight is 188 g/mol. The normalized spacial score (nSPS) is 18.3. The van der Waals surface area contributed by atoms with Gasteiger partial charge in [0.1, 0.15) is 0 Å². The van der Waals surface area contributed by atoms with Crippen molar-refractivity contribution >= 4 is 5.91 Å². The SMILES string of the molecule is COCC(OCC1CC1)C(=O)NN. The van der Waals surface area contributed by atoms with Crippen molar-refractivity contribution in [3.05, 3.63) is 0 Å². The van der Waals surface area contributed by atoms with Gasteiger partial charge in [0.25, 0.3) is 5.91 Å². The minimum absolute atomic E-state index is 0.246. The molecule has 0 aromatic carbocycles. The lowest BCUT2D eigenvalue weighted by molar-refractivity contribution is -0.136. The summed E-state index contributed by atoms with van der Waals surface area (Å²) in [4.78, 5) is 11.1. The molecular formula is C8H16N2O3. The monoisotopic (exact) mass is 188 g/mol. The van der Waals surface area contributed by atoms with E-state index in [0.29, 0.717) is 12.5 Å². The van der Waals surface area contributed by atoms with E-state index in [-0.39, 0.29) is 12.5 Å². The van der Waals surface area contributed by atoms with E-state index in [0.717, 1.165) is 0 Å². The second kappa shape index (κ2) is 5.16. The van der Waals surface area contributed by atoms with Gasteiger partial charge in [-0.1, -0.05) is 0 Å². The van der Waals surface area contributed by atoms with Gasteiger partial charge in [-0.05, 0) is 18.8 Å². The summed E-state index contributed by atoms with van der Waals surface area (Å²) in [6.45, 7) is 0.872. The van der Waals surface area contributed by atoms with Crippen molar-refractivity contribution in [3.63, 3.8) is 0 Å². The number of hydrogen-bond acceptors (Lipinski definition) is 4. The van der Waals surface area contributed by atoms with Crippen LogP contribution in [0.1, 0.15) is 12.8 Å². The Kier molecular flexibility index (Phi) is 4.14. The standard InChI is InChI=1S/C8H16N2O3/c1-12-5-7(8(11)10-9)13-4-6-2-3-6/h6-7H,2-5,9H2,1H3,(H,10,11). The molecule has 0 radical (unpaired) electrons. The van der Waals surface area contributed by atoms with Crippen LogP contribution in [0.15, 0.2) is 0 Å². The van der Waals surface area contributed by atoms with Crippen LogP contribution in [0.3, 0.4) is 0 Å². The van der Waals surface area contributed by atoms with Gasteiger partial charge in [0.2, 0.25) is 0 Å². The Balaban J connectivity index is 2.22. The topological polar surface area (TPSA) is 73.6 Å². The third kappa shape index (κ3) is 3.71. The first-order chi connectivity index (χ1) is 6.27. The largest absolute Gasteiger partial charge is 0.381 e. The maximum Gasteiger partial charge on any atom is 0.265 e.